The van der Waals surface area contributed by atoms with Crippen LogP contribution in [-0.4, -0.2) is 44.7 Å². The molecular weight excluding hydrogens is 312 g/mol. The second kappa shape index (κ2) is 10.1. The first-order valence-corrected chi connectivity index (χ1v) is 8.28. The SMILES string of the molecule is COC(=O)[C@H]1COC(CCCCCCOC(=O)c2ccccc2)O1. The Morgan fingerprint density at radius 1 is 1.12 bits per heavy atom. The average molecular weight is 336 g/mol. The van der Waals surface area contributed by atoms with Gasteiger partial charge in [-0.2, -0.15) is 0 Å². The summed E-state index contributed by atoms with van der Waals surface area (Å²) in [6.45, 7) is 0.682. The van der Waals surface area contributed by atoms with Crippen LogP contribution in [0.3, 0.4) is 0 Å². The van der Waals surface area contributed by atoms with E-state index in [2.05, 4.69) is 4.74 Å². The third-order valence-electron chi connectivity index (χ3n) is 3.79. The molecule has 0 saturated carbocycles. The highest BCUT2D eigenvalue weighted by Crippen LogP contribution is 2.18. The van der Waals surface area contributed by atoms with Crippen LogP contribution in [0.2, 0.25) is 0 Å². The van der Waals surface area contributed by atoms with Gasteiger partial charge in [-0.25, -0.2) is 9.59 Å². The number of unbranched alkanes of at least 4 members (excludes halogenated alkanes) is 3. The maximum Gasteiger partial charge on any atom is 0.338 e. The van der Waals surface area contributed by atoms with E-state index < -0.39 is 12.1 Å². The lowest BCUT2D eigenvalue weighted by molar-refractivity contribution is -0.154. The van der Waals surface area contributed by atoms with Gasteiger partial charge in [-0.05, 0) is 31.4 Å². The first kappa shape index (κ1) is 18.4. The van der Waals surface area contributed by atoms with Crippen molar-refractivity contribution in [2.24, 2.45) is 0 Å². The van der Waals surface area contributed by atoms with Gasteiger partial charge < -0.3 is 18.9 Å². The van der Waals surface area contributed by atoms with Crippen molar-refractivity contribution in [3.05, 3.63) is 35.9 Å². The lowest BCUT2D eigenvalue weighted by Crippen LogP contribution is -2.24. The van der Waals surface area contributed by atoms with Crippen LogP contribution in [0.4, 0.5) is 0 Å². The van der Waals surface area contributed by atoms with Crippen LogP contribution in [0.1, 0.15) is 42.5 Å². The van der Waals surface area contributed by atoms with E-state index >= 15 is 0 Å². The Hall–Kier alpha value is -1.92. The summed E-state index contributed by atoms with van der Waals surface area (Å²) in [5, 5.41) is 0. The molecule has 0 N–H and O–H groups in total. The van der Waals surface area contributed by atoms with Crippen molar-refractivity contribution in [2.75, 3.05) is 20.3 Å². The lowest BCUT2D eigenvalue weighted by atomic mass is 10.1. The van der Waals surface area contributed by atoms with Crippen molar-refractivity contribution in [1.29, 1.82) is 0 Å². The number of ether oxygens (including phenoxy) is 4. The van der Waals surface area contributed by atoms with Crippen LogP contribution >= 0.6 is 0 Å². The van der Waals surface area contributed by atoms with Crippen LogP contribution in [0, 0.1) is 0 Å². The second-order valence-electron chi connectivity index (χ2n) is 5.62. The fourth-order valence-corrected chi connectivity index (χ4v) is 2.45. The molecule has 0 amide bonds. The number of carbonyl (C=O) groups is 2. The van der Waals surface area contributed by atoms with E-state index in [4.69, 9.17) is 14.2 Å². The number of methoxy groups -OCH3 is 1. The quantitative estimate of drug-likeness (QED) is 0.510. The van der Waals surface area contributed by atoms with E-state index in [-0.39, 0.29) is 18.9 Å². The molecule has 1 aliphatic heterocycles. The van der Waals surface area contributed by atoms with Gasteiger partial charge in [-0.3, -0.25) is 0 Å². The molecule has 1 aliphatic rings. The molecule has 0 aliphatic carbocycles. The monoisotopic (exact) mass is 336 g/mol. The maximum absolute atomic E-state index is 11.7. The Morgan fingerprint density at radius 3 is 2.62 bits per heavy atom. The van der Waals surface area contributed by atoms with Crippen LogP contribution in [0.5, 0.6) is 0 Å². The molecule has 6 heteroatoms. The first-order valence-electron chi connectivity index (χ1n) is 8.28. The molecule has 0 aromatic heterocycles. The minimum Gasteiger partial charge on any atom is -0.467 e. The summed E-state index contributed by atoms with van der Waals surface area (Å²) in [6, 6.07) is 8.97. The molecule has 0 radical (unpaired) electrons. The van der Waals surface area contributed by atoms with Crippen LogP contribution in [0.15, 0.2) is 30.3 Å². The van der Waals surface area contributed by atoms with Gasteiger partial charge >= 0.3 is 11.9 Å². The van der Waals surface area contributed by atoms with Gasteiger partial charge in [0.05, 0.1) is 25.9 Å². The molecule has 1 saturated heterocycles. The highest BCUT2D eigenvalue weighted by atomic mass is 16.7. The third kappa shape index (κ3) is 5.94. The Balaban J connectivity index is 1.47. The summed E-state index contributed by atoms with van der Waals surface area (Å²) < 4.78 is 20.7. The molecule has 0 bridgehead atoms. The zero-order valence-corrected chi connectivity index (χ0v) is 13.9. The van der Waals surface area contributed by atoms with Crippen LogP contribution in [0.25, 0.3) is 0 Å². The van der Waals surface area contributed by atoms with Crippen molar-refractivity contribution < 1.29 is 28.5 Å². The van der Waals surface area contributed by atoms with E-state index in [1.165, 1.54) is 7.11 Å². The zero-order chi connectivity index (χ0) is 17.2. The van der Waals surface area contributed by atoms with E-state index in [1.807, 2.05) is 18.2 Å². The standard InChI is InChI=1S/C18H24O6/c1-21-18(20)15-13-23-16(24-15)11-7-2-3-8-12-22-17(19)14-9-5-4-6-10-14/h4-6,9-10,15-16H,2-3,7-8,11-13H2,1H3/t15-,16?/m1/s1. The summed E-state index contributed by atoms with van der Waals surface area (Å²) in [7, 11) is 1.34. The van der Waals surface area contributed by atoms with Gasteiger partial charge in [0, 0.05) is 0 Å². The van der Waals surface area contributed by atoms with Gasteiger partial charge in [0.25, 0.3) is 0 Å². The molecule has 2 rings (SSSR count). The maximum atomic E-state index is 11.7. The van der Waals surface area contributed by atoms with Crippen molar-refractivity contribution in [2.45, 2.75) is 44.5 Å². The summed E-state index contributed by atoms with van der Waals surface area (Å²) >= 11 is 0. The van der Waals surface area contributed by atoms with E-state index in [1.54, 1.807) is 12.1 Å². The van der Waals surface area contributed by atoms with E-state index in [0.29, 0.717) is 12.2 Å². The smallest absolute Gasteiger partial charge is 0.338 e. The molecule has 1 fully saturated rings. The van der Waals surface area contributed by atoms with Crippen molar-refractivity contribution in [1.82, 2.24) is 0 Å². The Morgan fingerprint density at radius 2 is 1.88 bits per heavy atom. The summed E-state index contributed by atoms with van der Waals surface area (Å²) in [4.78, 5) is 23.0. The van der Waals surface area contributed by atoms with Crippen molar-refractivity contribution >= 4 is 11.9 Å². The van der Waals surface area contributed by atoms with Gasteiger partial charge in [0.1, 0.15) is 0 Å². The predicted molar refractivity (Wildman–Crippen MR) is 86.4 cm³/mol. The number of hydrogen-bond donors (Lipinski definition) is 0. The van der Waals surface area contributed by atoms with Crippen LogP contribution in [-0.2, 0) is 23.7 Å². The molecule has 1 heterocycles. The number of esters is 2. The van der Waals surface area contributed by atoms with Crippen LogP contribution < -0.4 is 0 Å². The molecule has 1 unspecified atom stereocenters. The minimum atomic E-state index is -0.600. The summed E-state index contributed by atoms with van der Waals surface area (Å²) in [5.41, 5.74) is 0.577. The highest BCUT2D eigenvalue weighted by molar-refractivity contribution is 5.89. The molecule has 1 aromatic carbocycles. The molecule has 132 valence electrons. The average Bonchev–Trinajstić information content (AvgIpc) is 3.09. The molecular formula is C18H24O6. The number of hydrogen-bond acceptors (Lipinski definition) is 6. The van der Waals surface area contributed by atoms with E-state index in [0.717, 1.165) is 32.1 Å². The topological polar surface area (TPSA) is 71.1 Å². The predicted octanol–water partition coefficient (Wildman–Crippen LogP) is 2.71. The summed E-state index contributed by atoms with van der Waals surface area (Å²) in [6.07, 6.45) is 3.55. The number of carbonyl (C=O) groups excluding carboxylic acids is 2. The molecule has 24 heavy (non-hydrogen) atoms. The number of rotatable bonds is 9. The first-order chi connectivity index (χ1) is 11.7. The summed E-state index contributed by atoms with van der Waals surface area (Å²) in [5.74, 6) is -0.671. The molecule has 2 atom stereocenters. The van der Waals surface area contributed by atoms with Gasteiger partial charge in [-0.15, -0.1) is 0 Å². The molecule has 0 spiro atoms. The van der Waals surface area contributed by atoms with Gasteiger partial charge in [0.15, 0.2) is 12.4 Å². The largest absolute Gasteiger partial charge is 0.467 e. The van der Waals surface area contributed by atoms with Gasteiger partial charge in [-0.1, -0.05) is 31.0 Å². The Kier molecular flexibility index (Phi) is 7.71. The van der Waals surface area contributed by atoms with Gasteiger partial charge in [0.2, 0.25) is 0 Å². The number of benzene rings is 1. The van der Waals surface area contributed by atoms with Crippen molar-refractivity contribution in [3.63, 3.8) is 0 Å². The highest BCUT2D eigenvalue weighted by Gasteiger charge is 2.31. The van der Waals surface area contributed by atoms with E-state index in [9.17, 15) is 9.59 Å². The minimum absolute atomic E-state index is 0.257. The molecule has 1 aromatic rings. The third-order valence-corrected chi connectivity index (χ3v) is 3.79. The Bertz CT molecular complexity index is 516. The van der Waals surface area contributed by atoms with Crippen molar-refractivity contribution in [3.8, 4) is 0 Å². The fraction of sp³-hybridized carbons (Fsp3) is 0.556. The lowest BCUT2D eigenvalue weighted by Gasteiger charge is -2.10. The molecule has 6 nitrogen and oxygen atoms in total. The normalized spacial score (nSPS) is 19.9. The Labute approximate surface area is 142 Å². The fourth-order valence-electron chi connectivity index (χ4n) is 2.45. The zero-order valence-electron chi connectivity index (χ0n) is 13.9. The second-order valence-corrected chi connectivity index (χ2v) is 5.62.